The Morgan fingerprint density at radius 1 is 1.45 bits per heavy atom. The van der Waals surface area contributed by atoms with E-state index >= 15 is 0 Å². The average molecular weight is 274 g/mol. The predicted octanol–water partition coefficient (Wildman–Crippen LogP) is 3.28. The van der Waals surface area contributed by atoms with E-state index in [1.165, 1.54) is 0 Å². The van der Waals surface area contributed by atoms with Crippen LogP contribution in [0.4, 0.5) is 0 Å². The first-order valence-corrected chi connectivity index (χ1v) is 7.27. The highest BCUT2D eigenvalue weighted by Gasteiger charge is 2.18. The molecule has 2 rings (SSSR count). The monoisotopic (exact) mass is 274 g/mol. The molecule has 0 aromatic heterocycles. The van der Waals surface area contributed by atoms with Crippen LogP contribution in [0.25, 0.3) is 6.08 Å². The maximum Gasteiger partial charge on any atom is 0.313 e. The Balaban J connectivity index is 2.08. The molecule has 1 fully saturated rings. The second-order valence-electron chi connectivity index (χ2n) is 5.27. The summed E-state index contributed by atoms with van der Waals surface area (Å²) in [5.41, 5.74) is 3.13. The molecule has 2 unspecified atom stereocenters. The highest BCUT2D eigenvalue weighted by Crippen LogP contribution is 2.27. The smallest absolute Gasteiger partial charge is 0.313 e. The highest BCUT2D eigenvalue weighted by atomic mass is 16.5. The first-order chi connectivity index (χ1) is 9.61. The minimum absolute atomic E-state index is 0.190. The Hall–Kier alpha value is -1.61. The van der Waals surface area contributed by atoms with E-state index in [1.807, 2.05) is 38.1 Å². The first kappa shape index (κ1) is 14.8. The molecular formula is C17H22O3. The van der Waals surface area contributed by atoms with Gasteiger partial charge in [-0.25, -0.2) is 0 Å². The van der Waals surface area contributed by atoms with E-state index in [-0.39, 0.29) is 18.0 Å². The van der Waals surface area contributed by atoms with Crippen molar-refractivity contribution in [3.05, 3.63) is 41.0 Å². The van der Waals surface area contributed by atoms with E-state index in [2.05, 4.69) is 6.08 Å². The number of aliphatic hydroxyl groups excluding tert-OH is 1. The second-order valence-corrected chi connectivity index (χ2v) is 5.27. The summed E-state index contributed by atoms with van der Waals surface area (Å²) in [4.78, 5) is 11.7. The van der Waals surface area contributed by atoms with Crippen molar-refractivity contribution in [1.82, 2.24) is 0 Å². The molecule has 108 valence electrons. The Bertz CT molecular complexity index is 487. The molecule has 0 bridgehead atoms. The molecule has 3 nitrogen and oxygen atoms in total. The maximum atomic E-state index is 11.7. The number of esters is 1. The molecule has 1 N–H and O–H groups in total. The molecule has 0 aliphatic heterocycles. The fourth-order valence-corrected chi connectivity index (χ4v) is 2.52. The lowest BCUT2D eigenvalue weighted by atomic mass is 9.99. The Labute approximate surface area is 120 Å². The first-order valence-electron chi connectivity index (χ1n) is 7.27. The molecule has 3 heteroatoms. The third-order valence-electron chi connectivity index (χ3n) is 3.80. The fourth-order valence-electron chi connectivity index (χ4n) is 2.52. The molecule has 0 heterocycles. The molecule has 1 aliphatic carbocycles. The molecular weight excluding hydrogens is 252 g/mol. The van der Waals surface area contributed by atoms with Gasteiger partial charge in [0.15, 0.2) is 0 Å². The number of aliphatic hydroxyl groups is 1. The largest absolute Gasteiger partial charge is 0.466 e. The number of carbonyl (C=O) groups excluding carboxylic acids is 1. The van der Waals surface area contributed by atoms with Crippen molar-refractivity contribution < 1.29 is 14.6 Å². The lowest BCUT2D eigenvalue weighted by Crippen LogP contribution is -2.12. The van der Waals surface area contributed by atoms with Gasteiger partial charge in [-0.3, -0.25) is 4.79 Å². The summed E-state index contributed by atoms with van der Waals surface area (Å²) in [7, 11) is 0. The van der Waals surface area contributed by atoms with Gasteiger partial charge in [0.1, 0.15) is 0 Å². The van der Waals surface area contributed by atoms with Crippen molar-refractivity contribution in [3.63, 3.8) is 0 Å². The SMILES string of the molecule is CCOC(=O)C(C)c1ccc(C=C2CCCC2O)cc1. The van der Waals surface area contributed by atoms with Crippen molar-refractivity contribution in [2.24, 2.45) is 0 Å². The molecule has 0 radical (unpaired) electrons. The van der Waals surface area contributed by atoms with E-state index < -0.39 is 0 Å². The van der Waals surface area contributed by atoms with Crippen LogP contribution in [0.1, 0.15) is 50.2 Å². The quantitative estimate of drug-likeness (QED) is 0.857. The summed E-state index contributed by atoms with van der Waals surface area (Å²) < 4.78 is 5.03. The van der Waals surface area contributed by atoms with Crippen LogP contribution < -0.4 is 0 Å². The third-order valence-corrected chi connectivity index (χ3v) is 3.80. The van der Waals surface area contributed by atoms with Crippen molar-refractivity contribution in [3.8, 4) is 0 Å². The summed E-state index contributed by atoms with van der Waals surface area (Å²) in [6.07, 6.45) is 4.67. The van der Waals surface area contributed by atoms with Gasteiger partial charge in [-0.1, -0.05) is 30.3 Å². The van der Waals surface area contributed by atoms with Gasteiger partial charge in [0.25, 0.3) is 0 Å². The lowest BCUT2D eigenvalue weighted by Gasteiger charge is -2.11. The minimum Gasteiger partial charge on any atom is -0.466 e. The van der Waals surface area contributed by atoms with E-state index in [4.69, 9.17) is 4.74 Å². The van der Waals surface area contributed by atoms with Crippen molar-refractivity contribution in [1.29, 1.82) is 0 Å². The Morgan fingerprint density at radius 3 is 2.70 bits per heavy atom. The standard InChI is InChI=1S/C17H22O3/c1-3-20-17(19)12(2)14-9-7-13(8-10-14)11-15-5-4-6-16(15)18/h7-12,16,18H,3-6H2,1-2H3. The second kappa shape index (κ2) is 6.71. The predicted molar refractivity (Wildman–Crippen MR) is 79.3 cm³/mol. The lowest BCUT2D eigenvalue weighted by molar-refractivity contribution is -0.144. The Kier molecular flexibility index (Phi) is 4.96. The van der Waals surface area contributed by atoms with Gasteiger partial charge in [0, 0.05) is 0 Å². The molecule has 0 saturated heterocycles. The molecule has 1 aliphatic rings. The maximum absolute atomic E-state index is 11.7. The highest BCUT2D eigenvalue weighted by molar-refractivity contribution is 5.77. The van der Waals surface area contributed by atoms with Gasteiger partial charge < -0.3 is 9.84 Å². The summed E-state index contributed by atoms with van der Waals surface area (Å²) in [6.45, 7) is 4.07. The molecule has 2 atom stereocenters. The number of hydrogen-bond acceptors (Lipinski definition) is 3. The van der Waals surface area contributed by atoms with Crippen LogP contribution in [0.5, 0.6) is 0 Å². The summed E-state index contributed by atoms with van der Waals surface area (Å²) in [6, 6.07) is 7.89. The minimum atomic E-state index is -0.284. The van der Waals surface area contributed by atoms with Crippen LogP contribution in [-0.2, 0) is 9.53 Å². The van der Waals surface area contributed by atoms with E-state index in [0.717, 1.165) is 36.0 Å². The molecule has 1 saturated carbocycles. The van der Waals surface area contributed by atoms with Gasteiger partial charge in [-0.15, -0.1) is 0 Å². The van der Waals surface area contributed by atoms with Crippen LogP contribution in [-0.4, -0.2) is 23.8 Å². The van der Waals surface area contributed by atoms with E-state index in [0.29, 0.717) is 6.61 Å². The molecule has 20 heavy (non-hydrogen) atoms. The number of carbonyl (C=O) groups is 1. The summed E-state index contributed by atoms with van der Waals surface area (Å²) in [5.74, 6) is -0.432. The van der Waals surface area contributed by atoms with E-state index in [9.17, 15) is 9.90 Å². The molecule has 1 aromatic carbocycles. The van der Waals surface area contributed by atoms with Crippen molar-refractivity contribution in [2.45, 2.75) is 45.1 Å². The summed E-state index contributed by atoms with van der Waals surface area (Å²) >= 11 is 0. The van der Waals surface area contributed by atoms with Gasteiger partial charge >= 0.3 is 5.97 Å². The molecule has 0 amide bonds. The zero-order valence-corrected chi connectivity index (χ0v) is 12.1. The van der Waals surface area contributed by atoms with Gasteiger partial charge in [0.05, 0.1) is 18.6 Å². The van der Waals surface area contributed by atoms with Crippen LogP contribution >= 0.6 is 0 Å². The van der Waals surface area contributed by atoms with Crippen LogP contribution in [0, 0.1) is 0 Å². The van der Waals surface area contributed by atoms with Crippen molar-refractivity contribution in [2.75, 3.05) is 6.61 Å². The van der Waals surface area contributed by atoms with E-state index in [1.54, 1.807) is 0 Å². The van der Waals surface area contributed by atoms with Gasteiger partial charge in [0.2, 0.25) is 0 Å². The number of hydrogen-bond donors (Lipinski definition) is 1. The fraction of sp³-hybridized carbons (Fsp3) is 0.471. The topological polar surface area (TPSA) is 46.5 Å². The normalized spacial score (nSPS) is 21.9. The zero-order valence-electron chi connectivity index (χ0n) is 12.1. The van der Waals surface area contributed by atoms with Crippen LogP contribution in [0.15, 0.2) is 29.8 Å². The molecule has 0 spiro atoms. The van der Waals surface area contributed by atoms with Crippen molar-refractivity contribution >= 4 is 12.0 Å². The number of benzene rings is 1. The molecule has 1 aromatic rings. The van der Waals surface area contributed by atoms with Crippen LogP contribution in [0.2, 0.25) is 0 Å². The Morgan fingerprint density at radius 2 is 2.15 bits per heavy atom. The summed E-state index contributed by atoms with van der Waals surface area (Å²) in [5, 5.41) is 9.80. The average Bonchev–Trinajstić information content (AvgIpc) is 2.85. The third kappa shape index (κ3) is 3.48. The van der Waals surface area contributed by atoms with Gasteiger partial charge in [-0.05, 0) is 49.8 Å². The zero-order chi connectivity index (χ0) is 14.5. The van der Waals surface area contributed by atoms with Crippen LogP contribution in [0.3, 0.4) is 0 Å². The number of rotatable bonds is 4. The number of ether oxygens (including phenoxy) is 1. The van der Waals surface area contributed by atoms with Gasteiger partial charge in [-0.2, -0.15) is 0 Å².